The van der Waals surface area contributed by atoms with Crippen LogP contribution in [0.15, 0.2) is 48.5 Å². The van der Waals surface area contributed by atoms with Crippen LogP contribution in [-0.2, 0) is 22.4 Å². The van der Waals surface area contributed by atoms with Crippen molar-refractivity contribution in [1.29, 1.82) is 0 Å². The van der Waals surface area contributed by atoms with Crippen molar-refractivity contribution in [3.63, 3.8) is 0 Å². The van der Waals surface area contributed by atoms with Gasteiger partial charge in [0.15, 0.2) is 0 Å². The van der Waals surface area contributed by atoms with Gasteiger partial charge in [-0.05, 0) is 85.1 Å². The molecular weight excluding hydrogens is 506 g/mol. The largest absolute Gasteiger partial charge is 0.344 e. The van der Waals surface area contributed by atoms with Gasteiger partial charge in [0.05, 0.1) is 5.92 Å². The second-order valence-corrected chi connectivity index (χ2v) is 12.9. The fraction of sp³-hybridized carbons (Fsp3) is 0.576. The van der Waals surface area contributed by atoms with E-state index in [0.29, 0.717) is 23.3 Å². The number of halogens is 1. The number of amides is 2. The zero-order valence-corrected chi connectivity index (χ0v) is 24.1. The molecule has 2 fully saturated rings. The van der Waals surface area contributed by atoms with Crippen LogP contribution in [0.5, 0.6) is 0 Å². The quantitative estimate of drug-likeness (QED) is 0.419. The molecule has 210 valence electrons. The third-order valence-corrected chi connectivity index (χ3v) is 10.2. The fourth-order valence-corrected chi connectivity index (χ4v) is 7.42. The number of carbonyl (C=O) groups is 2. The molecule has 0 spiro atoms. The molecule has 5 nitrogen and oxygen atoms in total. The van der Waals surface area contributed by atoms with E-state index in [1.807, 2.05) is 47.4 Å². The Morgan fingerprint density at radius 3 is 2.41 bits per heavy atom. The molecule has 1 saturated carbocycles. The SMILES string of the molecule is CC1(C2CCCCC2)CCN(C(=O)C(Cc2ccc(Cl)cc2)NC(=O)C2CCCc3ccccc3C2N)CC1. The number of aryl methyl sites for hydroxylation is 1. The summed E-state index contributed by atoms with van der Waals surface area (Å²) in [5, 5.41) is 3.84. The van der Waals surface area contributed by atoms with Crippen LogP contribution in [0.1, 0.15) is 87.4 Å². The number of nitrogens with zero attached hydrogens (tertiary/aromatic N) is 1. The molecule has 1 aliphatic heterocycles. The minimum Gasteiger partial charge on any atom is -0.344 e. The maximum absolute atomic E-state index is 14.0. The number of fused-ring (bicyclic) bond motifs is 1. The molecule has 2 aromatic carbocycles. The molecule has 0 aromatic heterocycles. The van der Waals surface area contributed by atoms with E-state index in [4.69, 9.17) is 17.3 Å². The van der Waals surface area contributed by atoms with E-state index < -0.39 is 6.04 Å². The van der Waals surface area contributed by atoms with Crippen LogP contribution < -0.4 is 11.1 Å². The van der Waals surface area contributed by atoms with Gasteiger partial charge in [0, 0.05) is 30.6 Å². The number of piperidine rings is 1. The van der Waals surface area contributed by atoms with Crippen molar-refractivity contribution in [3.8, 4) is 0 Å². The first-order valence-corrected chi connectivity index (χ1v) is 15.4. The Kier molecular flexibility index (Phi) is 8.98. The van der Waals surface area contributed by atoms with Gasteiger partial charge in [-0.3, -0.25) is 9.59 Å². The minimum absolute atomic E-state index is 0.0200. The molecule has 1 saturated heterocycles. The van der Waals surface area contributed by atoms with Gasteiger partial charge in [-0.25, -0.2) is 0 Å². The minimum atomic E-state index is -0.622. The number of nitrogens with two attached hydrogens (primary N) is 1. The molecule has 0 bridgehead atoms. The number of hydrogen-bond donors (Lipinski definition) is 2. The molecule has 0 radical (unpaired) electrons. The number of rotatable bonds is 6. The van der Waals surface area contributed by atoms with Gasteiger partial charge in [0.25, 0.3) is 0 Å². The highest BCUT2D eigenvalue weighted by atomic mass is 35.5. The zero-order valence-electron chi connectivity index (χ0n) is 23.3. The summed E-state index contributed by atoms with van der Waals surface area (Å²) in [6, 6.07) is 14.7. The van der Waals surface area contributed by atoms with Crippen LogP contribution in [0.4, 0.5) is 0 Å². The number of hydrogen-bond acceptors (Lipinski definition) is 3. The van der Waals surface area contributed by atoms with E-state index in [1.54, 1.807) is 0 Å². The summed E-state index contributed by atoms with van der Waals surface area (Å²) in [5.74, 6) is 0.319. The molecule has 6 heteroatoms. The third kappa shape index (κ3) is 6.52. The van der Waals surface area contributed by atoms with Crippen LogP contribution in [0.3, 0.4) is 0 Å². The first-order chi connectivity index (χ1) is 18.8. The molecular formula is C33H44ClN3O2. The topological polar surface area (TPSA) is 75.4 Å². The van der Waals surface area contributed by atoms with Gasteiger partial charge in [-0.15, -0.1) is 0 Å². The van der Waals surface area contributed by atoms with Crippen molar-refractivity contribution < 1.29 is 9.59 Å². The van der Waals surface area contributed by atoms with E-state index >= 15 is 0 Å². The average Bonchev–Trinajstić information content (AvgIpc) is 3.13. The standard InChI is InChI=1S/C33H44ClN3O2/c1-33(25-10-3-2-4-11-25)18-20-37(21-19-33)32(39)29(22-23-14-16-26(34)17-15-23)36-31(38)28-13-7-9-24-8-5-6-12-27(24)30(28)35/h5-6,8,12,14-17,25,28-30H,2-4,7,9-11,13,18-22,35H2,1H3,(H,36,38). The maximum atomic E-state index is 14.0. The van der Waals surface area contributed by atoms with E-state index in [9.17, 15) is 9.59 Å². The molecule has 5 rings (SSSR count). The summed E-state index contributed by atoms with van der Waals surface area (Å²) in [5.41, 5.74) is 10.3. The average molecular weight is 550 g/mol. The van der Waals surface area contributed by atoms with Gasteiger partial charge >= 0.3 is 0 Å². The molecule has 39 heavy (non-hydrogen) atoms. The van der Waals surface area contributed by atoms with E-state index in [1.165, 1.54) is 37.7 Å². The van der Waals surface area contributed by atoms with Gasteiger partial charge in [-0.2, -0.15) is 0 Å². The fourth-order valence-electron chi connectivity index (χ4n) is 7.29. The van der Waals surface area contributed by atoms with Crippen molar-refractivity contribution >= 4 is 23.4 Å². The highest BCUT2D eigenvalue weighted by Crippen LogP contribution is 2.45. The zero-order chi connectivity index (χ0) is 27.4. The Hall–Kier alpha value is -2.37. The van der Waals surface area contributed by atoms with Crippen LogP contribution in [0.25, 0.3) is 0 Å². The van der Waals surface area contributed by atoms with Crippen molar-refractivity contribution in [3.05, 3.63) is 70.2 Å². The van der Waals surface area contributed by atoms with Crippen LogP contribution in [-0.4, -0.2) is 35.8 Å². The molecule has 3 atom stereocenters. The molecule has 1 heterocycles. The lowest BCUT2D eigenvalue weighted by Gasteiger charge is -2.46. The number of nitrogens with one attached hydrogen (secondary N) is 1. The number of likely N-dealkylation sites (tertiary alicyclic amines) is 1. The molecule has 3 unspecified atom stereocenters. The van der Waals surface area contributed by atoms with Crippen LogP contribution >= 0.6 is 11.6 Å². The second kappa shape index (κ2) is 12.4. The Bertz CT molecular complexity index is 1140. The summed E-state index contributed by atoms with van der Waals surface area (Å²) in [4.78, 5) is 29.7. The lowest BCUT2D eigenvalue weighted by molar-refractivity contribution is -0.140. The first-order valence-electron chi connectivity index (χ1n) is 15.0. The van der Waals surface area contributed by atoms with Gasteiger partial charge in [0.2, 0.25) is 11.8 Å². The highest BCUT2D eigenvalue weighted by Gasteiger charge is 2.40. The summed E-state index contributed by atoms with van der Waals surface area (Å²) < 4.78 is 0. The van der Waals surface area contributed by atoms with Gasteiger partial charge in [-0.1, -0.05) is 74.2 Å². The predicted octanol–water partition coefficient (Wildman–Crippen LogP) is 6.23. The predicted molar refractivity (Wildman–Crippen MR) is 157 cm³/mol. The number of carbonyl (C=O) groups excluding carboxylic acids is 2. The summed E-state index contributed by atoms with van der Waals surface area (Å²) >= 11 is 6.12. The molecule has 3 aliphatic rings. The van der Waals surface area contributed by atoms with Gasteiger partial charge < -0.3 is 16.0 Å². The van der Waals surface area contributed by atoms with E-state index in [0.717, 1.165) is 55.8 Å². The lowest BCUT2D eigenvalue weighted by atomic mass is 9.65. The molecule has 3 N–H and O–H groups in total. The Morgan fingerprint density at radius 1 is 1.00 bits per heavy atom. The monoisotopic (exact) mass is 549 g/mol. The first kappa shape index (κ1) is 28.2. The van der Waals surface area contributed by atoms with Crippen molar-refractivity contribution in [1.82, 2.24) is 10.2 Å². The highest BCUT2D eigenvalue weighted by molar-refractivity contribution is 6.30. The molecule has 2 amide bonds. The third-order valence-electron chi connectivity index (χ3n) is 9.92. The van der Waals surface area contributed by atoms with Crippen molar-refractivity contribution in [2.75, 3.05) is 13.1 Å². The Balaban J connectivity index is 1.30. The summed E-state index contributed by atoms with van der Waals surface area (Å²) in [6.45, 7) is 3.95. The Labute approximate surface area is 238 Å². The van der Waals surface area contributed by atoms with Crippen LogP contribution in [0, 0.1) is 17.3 Å². The normalized spacial score (nSPS) is 24.3. The summed E-state index contributed by atoms with van der Waals surface area (Å²) in [6.07, 6.45) is 11.7. The smallest absolute Gasteiger partial charge is 0.245 e. The van der Waals surface area contributed by atoms with E-state index in [2.05, 4.69) is 18.3 Å². The van der Waals surface area contributed by atoms with Gasteiger partial charge in [0.1, 0.15) is 6.04 Å². The van der Waals surface area contributed by atoms with Crippen molar-refractivity contribution in [2.24, 2.45) is 23.0 Å². The molecule has 2 aromatic rings. The maximum Gasteiger partial charge on any atom is 0.245 e. The van der Waals surface area contributed by atoms with E-state index in [-0.39, 0.29) is 23.8 Å². The van der Waals surface area contributed by atoms with Crippen molar-refractivity contribution in [2.45, 2.75) is 89.6 Å². The number of benzene rings is 2. The second-order valence-electron chi connectivity index (χ2n) is 12.4. The van der Waals surface area contributed by atoms with Crippen LogP contribution in [0.2, 0.25) is 5.02 Å². The lowest BCUT2D eigenvalue weighted by Crippen LogP contribution is -2.54. The summed E-state index contributed by atoms with van der Waals surface area (Å²) in [7, 11) is 0. The Morgan fingerprint density at radius 2 is 1.69 bits per heavy atom. The molecule has 2 aliphatic carbocycles.